The van der Waals surface area contributed by atoms with Gasteiger partial charge in [-0.2, -0.15) is 10.4 Å². The van der Waals surface area contributed by atoms with Gasteiger partial charge in [0.15, 0.2) is 9.84 Å². The lowest BCUT2D eigenvalue weighted by Gasteiger charge is -2.18. The topological polar surface area (TPSA) is 96.1 Å². The normalized spacial score (nSPS) is 18.2. The summed E-state index contributed by atoms with van der Waals surface area (Å²) in [5.74, 6) is 0.172. The first kappa shape index (κ1) is 19.1. The van der Waals surface area contributed by atoms with Crippen LogP contribution < -0.4 is 0 Å². The van der Waals surface area contributed by atoms with E-state index in [9.17, 15) is 13.2 Å². The molecule has 0 spiro atoms. The number of carbonyl (C=O) groups excluding carboxylic acids is 1. The quantitative estimate of drug-likeness (QED) is 0.801. The molecule has 0 radical (unpaired) electrons. The van der Waals surface area contributed by atoms with E-state index in [4.69, 9.17) is 5.26 Å². The average molecular weight is 386 g/mol. The maximum absolute atomic E-state index is 12.7. The van der Waals surface area contributed by atoms with E-state index in [2.05, 4.69) is 5.10 Å². The van der Waals surface area contributed by atoms with Crippen LogP contribution in [0.3, 0.4) is 0 Å². The van der Waals surface area contributed by atoms with E-state index < -0.39 is 9.84 Å². The van der Waals surface area contributed by atoms with Crippen molar-refractivity contribution in [2.45, 2.75) is 32.9 Å². The largest absolute Gasteiger partial charge is 0.337 e. The predicted molar refractivity (Wildman–Crippen MR) is 101 cm³/mol. The smallest absolute Gasteiger partial charge is 0.253 e. The fraction of sp³-hybridized carbons (Fsp3) is 0.421. The number of aryl methyl sites for hydroxylation is 1. The molecule has 1 aliphatic heterocycles. The van der Waals surface area contributed by atoms with Gasteiger partial charge in [0.05, 0.1) is 34.9 Å². The summed E-state index contributed by atoms with van der Waals surface area (Å²) in [4.78, 5) is 14.3. The number of benzene rings is 1. The SMILES string of the molecule is Cc1nn(C2CCS(=O)(=O)C2)c(C)c1CN(C)C(=O)c1ccc(C#N)cc1. The van der Waals surface area contributed by atoms with E-state index in [1.54, 1.807) is 40.9 Å². The molecule has 142 valence electrons. The van der Waals surface area contributed by atoms with Gasteiger partial charge >= 0.3 is 0 Å². The van der Waals surface area contributed by atoms with E-state index in [1.807, 2.05) is 19.9 Å². The van der Waals surface area contributed by atoms with Crippen molar-refractivity contribution >= 4 is 15.7 Å². The van der Waals surface area contributed by atoms with E-state index in [-0.39, 0.29) is 23.5 Å². The highest BCUT2D eigenvalue weighted by Crippen LogP contribution is 2.27. The monoisotopic (exact) mass is 386 g/mol. The number of amides is 1. The minimum Gasteiger partial charge on any atom is -0.337 e. The Hall–Kier alpha value is -2.66. The molecule has 1 unspecified atom stereocenters. The number of nitriles is 1. The lowest BCUT2D eigenvalue weighted by molar-refractivity contribution is 0.0784. The predicted octanol–water partition coefficient (Wildman–Crippen LogP) is 2.00. The van der Waals surface area contributed by atoms with Gasteiger partial charge in [-0.05, 0) is 44.5 Å². The molecule has 0 bridgehead atoms. The number of carbonyl (C=O) groups is 1. The Morgan fingerprint density at radius 2 is 2.00 bits per heavy atom. The molecule has 0 saturated carbocycles. The van der Waals surface area contributed by atoms with Gasteiger partial charge in [-0.3, -0.25) is 9.48 Å². The summed E-state index contributed by atoms with van der Waals surface area (Å²) in [7, 11) is -1.27. The van der Waals surface area contributed by atoms with Crippen LogP contribution in [0.25, 0.3) is 0 Å². The number of nitrogens with zero attached hydrogens (tertiary/aromatic N) is 4. The van der Waals surface area contributed by atoms with Gasteiger partial charge in [-0.25, -0.2) is 8.42 Å². The van der Waals surface area contributed by atoms with Crippen LogP contribution in [0.4, 0.5) is 0 Å². The first-order valence-corrected chi connectivity index (χ1v) is 10.5. The van der Waals surface area contributed by atoms with Gasteiger partial charge in [0.1, 0.15) is 0 Å². The average Bonchev–Trinajstić information content (AvgIpc) is 3.14. The molecule has 27 heavy (non-hydrogen) atoms. The summed E-state index contributed by atoms with van der Waals surface area (Å²) in [6, 6.07) is 8.42. The Labute approximate surface area is 159 Å². The number of hydrogen-bond acceptors (Lipinski definition) is 5. The molecule has 7 nitrogen and oxygen atoms in total. The molecule has 2 aromatic rings. The first-order valence-electron chi connectivity index (χ1n) is 8.72. The Balaban J connectivity index is 1.79. The lowest BCUT2D eigenvalue weighted by atomic mass is 10.1. The van der Waals surface area contributed by atoms with E-state index >= 15 is 0 Å². The summed E-state index contributed by atoms with van der Waals surface area (Å²) in [6.45, 7) is 4.18. The lowest BCUT2D eigenvalue weighted by Crippen LogP contribution is -2.26. The molecule has 0 aliphatic carbocycles. The van der Waals surface area contributed by atoms with Crippen LogP contribution in [0.1, 0.15) is 45.3 Å². The third-order valence-corrected chi connectivity index (χ3v) is 6.78. The Morgan fingerprint density at radius 1 is 1.33 bits per heavy atom. The van der Waals surface area contributed by atoms with Gasteiger partial charge < -0.3 is 4.90 Å². The highest BCUT2D eigenvalue weighted by Gasteiger charge is 2.31. The minimum absolute atomic E-state index is 0.119. The molecule has 1 fully saturated rings. The van der Waals surface area contributed by atoms with Crippen LogP contribution in [0.2, 0.25) is 0 Å². The molecular weight excluding hydrogens is 364 g/mol. The minimum atomic E-state index is -2.99. The van der Waals surface area contributed by atoms with Crippen LogP contribution in [0, 0.1) is 25.2 Å². The van der Waals surface area contributed by atoms with Crippen molar-refractivity contribution in [3.8, 4) is 6.07 Å². The number of hydrogen-bond donors (Lipinski definition) is 0. The van der Waals surface area contributed by atoms with Crippen LogP contribution in [0.15, 0.2) is 24.3 Å². The van der Waals surface area contributed by atoms with E-state index in [1.165, 1.54) is 0 Å². The second kappa shape index (κ2) is 7.16. The molecule has 3 rings (SSSR count). The first-order chi connectivity index (χ1) is 12.7. The molecule has 1 aromatic heterocycles. The maximum Gasteiger partial charge on any atom is 0.253 e. The van der Waals surface area contributed by atoms with Gasteiger partial charge in [-0.1, -0.05) is 0 Å². The van der Waals surface area contributed by atoms with Gasteiger partial charge in [-0.15, -0.1) is 0 Å². The molecule has 1 amide bonds. The van der Waals surface area contributed by atoms with Crippen molar-refractivity contribution in [1.29, 1.82) is 5.26 Å². The standard InChI is InChI=1S/C19H22N4O3S/c1-13-18(14(2)23(21-13)17-8-9-27(25,26)12-17)11-22(3)19(24)16-6-4-15(10-20)5-7-16/h4-7,17H,8-9,11-12H2,1-3H3. The molecule has 8 heteroatoms. The van der Waals surface area contributed by atoms with Crippen molar-refractivity contribution in [2.24, 2.45) is 0 Å². The van der Waals surface area contributed by atoms with Crippen molar-refractivity contribution in [3.63, 3.8) is 0 Å². The molecule has 0 N–H and O–H groups in total. The van der Waals surface area contributed by atoms with E-state index in [0.29, 0.717) is 24.1 Å². The van der Waals surface area contributed by atoms with E-state index in [0.717, 1.165) is 17.0 Å². The van der Waals surface area contributed by atoms with Gasteiger partial charge in [0, 0.05) is 30.4 Å². The summed E-state index contributed by atoms with van der Waals surface area (Å²) in [6.07, 6.45) is 0.573. The maximum atomic E-state index is 12.7. The second-order valence-corrected chi connectivity index (χ2v) is 9.23. The van der Waals surface area contributed by atoms with Crippen molar-refractivity contribution < 1.29 is 13.2 Å². The van der Waals surface area contributed by atoms with Gasteiger partial charge in [0.25, 0.3) is 5.91 Å². The van der Waals surface area contributed by atoms with Crippen molar-refractivity contribution in [1.82, 2.24) is 14.7 Å². The summed E-state index contributed by atoms with van der Waals surface area (Å²) >= 11 is 0. The molecule has 1 aromatic carbocycles. The van der Waals surface area contributed by atoms with Crippen LogP contribution >= 0.6 is 0 Å². The van der Waals surface area contributed by atoms with Crippen LogP contribution in [-0.2, 0) is 16.4 Å². The third kappa shape index (κ3) is 3.88. The Kier molecular flexibility index (Phi) is 5.07. The van der Waals surface area contributed by atoms with Crippen LogP contribution in [0.5, 0.6) is 0 Å². The third-order valence-electron chi connectivity index (χ3n) is 5.03. The number of sulfone groups is 1. The molecule has 1 saturated heterocycles. The zero-order valence-electron chi connectivity index (χ0n) is 15.6. The highest BCUT2D eigenvalue weighted by atomic mass is 32.2. The molecule has 1 atom stereocenters. The number of aromatic nitrogens is 2. The molecule has 1 aliphatic rings. The number of rotatable bonds is 4. The fourth-order valence-electron chi connectivity index (χ4n) is 3.47. The Morgan fingerprint density at radius 3 is 2.56 bits per heavy atom. The molecular formula is C19H22N4O3S. The zero-order valence-corrected chi connectivity index (χ0v) is 16.5. The summed E-state index contributed by atoms with van der Waals surface area (Å²) in [5, 5.41) is 13.4. The van der Waals surface area contributed by atoms with Crippen molar-refractivity contribution in [3.05, 3.63) is 52.3 Å². The zero-order chi connectivity index (χ0) is 19.8. The van der Waals surface area contributed by atoms with Gasteiger partial charge in [0.2, 0.25) is 0 Å². The Bertz CT molecular complexity index is 1020. The summed E-state index contributed by atoms with van der Waals surface area (Å²) in [5.41, 5.74) is 3.66. The molecule has 2 heterocycles. The fourth-order valence-corrected chi connectivity index (χ4v) is 5.16. The second-order valence-electron chi connectivity index (χ2n) is 7.00. The van der Waals surface area contributed by atoms with Crippen molar-refractivity contribution in [2.75, 3.05) is 18.6 Å². The summed E-state index contributed by atoms with van der Waals surface area (Å²) < 4.78 is 25.3. The van der Waals surface area contributed by atoms with Crippen LogP contribution in [-0.4, -0.2) is 47.6 Å². The highest BCUT2D eigenvalue weighted by molar-refractivity contribution is 7.91.